The topological polar surface area (TPSA) is 26.3 Å². The zero-order valence-corrected chi connectivity index (χ0v) is 8.35. The molecule has 0 unspecified atom stereocenters. The van der Waals surface area contributed by atoms with Gasteiger partial charge in [-0.15, -0.1) is 0 Å². The first-order valence-corrected chi connectivity index (χ1v) is 4.16. The molecule has 0 aromatic carbocycles. The lowest BCUT2D eigenvalue weighted by Gasteiger charge is -1.92. The summed E-state index contributed by atoms with van der Waals surface area (Å²) in [6, 6.07) is 0. The number of ether oxygens (including phenoxy) is 1. The first kappa shape index (κ1) is 11.0. The van der Waals surface area contributed by atoms with Gasteiger partial charge in [-0.25, -0.2) is 4.79 Å². The van der Waals surface area contributed by atoms with E-state index in [0.717, 1.165) is 5.57 Å². The van der Waals surface area contributed by atoms with E-state index in [2.05, 4.69) is 39.1 Å². The summed E-state index contributed by atoms with van der Waals surface area (Å²) in [5, 5.41) is 0. The van der Waals surface area contributed by atoms with Gasteiger partial charge in [0.25, 0.3) is 0 Å². The number of carbonyl (C=O) groups excluding carboxylic acids is 1. The fourth-order valence-electron chi connectivity index (χ4n) is 0.394. The van der Waals surface area contributed by atoms with Crippen LogP contribution in [-0.4, -0.2) is 12.6 Å². The summed E-state index contributed by atoms with van der Waals surface area (Å²) in [4.78, 5) is 12.1. The molecule has 0 N–H and O–H groups in total. The Kier molecular flexibility index (Phi) is 6.12. The number of hydrogen-bond acceptors (Lipinski definition) is 2. The van der Waals surface area contributed by atoms with Crippen molar-refractivity contribution in [3.63, 3.8) is 0 Å². The molecule has 0 radical (unpaired) electrons. The van der Waals surface area contributed by atoms with Crippen LogP contribution < -0.4 is 0 Å². The van der Waals surface area contributed by atoms with Gasteiger partial charge in [0, 0.05) is 6.08 Å². The molecule has 0 bridgehead atoms. The molecule has 3 heteroatoms. The second kappa shape index (κ2) is 6.68. The average molecular weight is 229 g/mol. The molecule has 12 heavy (non-hydrogen) atoms. The lowest BCUT2D eigenvalue weighted by Crippen LogP contribution is -1.99. The largest absolute Gasteiger partial charge is 0.449 e. The van der Waals surface area contributed by atoms with Crippen LogP contribution in [0.15, 0.2) is 23.2 Å². The summed E-state index contributed by atoms with van der Waals surface area (Å²) >= 11 is 2.95. The van der Waals surface area contributed by atoms with Gasteiger partial charge >= 0.3 is 5.97 Å². The van der Waals surface area contributed by atoms with Crippen LogP contribution in [0.25, 0.3) is 0 Å². The molecule has 0 rings (SSSR count). The van der Waals surface area contributed by atoms with Crippen molar-refractivity contribution in [1.29, 1.82) is 0 Å². The SMILES string of the molecule is C=C(C)C#CCOC(=O)/C=C\Br. The van der Waals surface area contributed by atoms with E-state index >= 15 is 0 Å². The molecule has 0 aliphatic rings. The number of allylic oxidation sites excluding steroid dienone is 1. The van der Waals surface area contributed by atoms with Crippen molar-refractivity contribution < 1.29 is 9.53 Å². The predicted molar refractivity (Wildman–Crippen MR) is 51.6 cm³/mol. The van der Waals surface area contributed by atoms with Gasteiger partial charge in [0.05, 0.1) is 0 Å². The first-order chi connectivity index (χ1) is 5.66. The lowest BCUT2D eigenvalue weighted by molar-refractivity contribution is -0.136. The number of rotatable bonds is 2. The molecule has 0 fully saturated rings. The Morgan fingerprint density at radius 1 is 1.75 bits per heavy atom. The van der Waals surface area contributed by atoms with Crippen LogP contribution >= 0.6 is 15.9 Å². The van der Waals surface area contributed by atoms with Crippen molar-refractivity contribution >= 4 is 21.9 Å². The van der Waals surface area contributed by atoms with Gasteiger partial charge < -0.3 is 4.74 Å². The van der Waals surface area contributed by atoms with E-state index in [1.807, 2.05) is 0 Å². The molecule has 0 aromatic rings. The van der Waals surface area contributed by atoms with Crippen molar-refractivity contribution in [3.8, 4) is 11.8 Å². The minimum Gasteiger partial charge on any atom is -0.449 e. The van der Waals surface area contributed by atoms with E-state index in [4.69, 9.17) is 0 Å². The molecule has 64 valence electrons. The standard InChI is InChI=1S/C9H9BrO2/c1-8(2)4-3-7-12-9(11)5-6-10/h5-6H,1,7H2,2H3/b6-5-. The third-order valence-electron chi connectivity index (χ3n) is 0.787. The Morgan fingerprint density at radius 2 is 2.42 bits per heavy atom. The summed E-state index contributed by atoms with van der Waals surface area (Å²) in [5.74, 6) is 4.90. The van der Waals surface area contributed by atoms with Gasteiger partial charge in [0.1, 0.15) is 0 Å². The van der Waals surface area contributed by atoms with E-state index in [1.54, 1.807) is 6.92 Å². The van der Waals surface area contributed by atoms with Crippen LogP contribution in [0.2, 0.25) is 0 Å². The number of halogens is 1. The monoisotopic (exact) mass is 228 g/mol. The summed E-state index contributed by atoms with van der Waals surface area (Å²) in [5.41, 5.74) is 0.752. The Balaban J connectivity index is 3.65. The van der Waals surface area contributed by atoms with Gasteiger partial charge in [-0.2, -0.15) is 0 Å². The maximum atomic E-state index is 10.7. The molecule has 0 saturated heterocycles. The molecular weight excluding hydrogens is 220 g/mol. The van der Waals surface area contributed by atoms with E-state index < -0.39 is 5.97 Å². The fraction of sp³-hybridized carbons (Fsp3) is 0.222. The van der Waals surface area contributed by atoms with Crippen molar-refractivity contribution in [1.82, 2.24) is 0 Å². The van der Waals surface area contributed by atoms with Crippen LogP contribution in [0.1, 0.15) is 6.92 Å². The maximum absolute atomic E-state index is 10.7. The highest BCUT2D eigenvalue weighted by Gasteiger charge is 1.91. The average Bonchev–Trinajstić information content (AvgIpc) is 1.98. The summed E-state index contributed by atoms with van der Waals surface area (Å²) in [6.45, 7) is 5.46. The Labute approximate surface area is 80.4 Å². The molecular formula is C9H9BrO2. The predicted octanol–water partition coefficient (Wildman–Crippen LogP) is 2.02. The van der Waals surface area contributed by atoms with E-state index in [-0.39, 0.29) is 6.61 Å². The first-order valence-electron chi connectivity index (χ1n) is 3.24. The van der Waals surface area contributed by atoms with Gasteiger partial charge in [-0.3, -0.25) is 0 Å². The third kappa shape index (κ3) is 7.10. The molecule has 2 nitrogen and oxygen atoms in total. The van der Waals surface area contributed by atoms with E-state index in [9.17, 15) is 4.79 Å². The van der Waals surface area contributed by atoms with Crippen molar-refractivity contribution in [2.24, 2.45) is 0 Å². The molecule has 0 aliphatic carbocycles. The second-order valence-electron chi connectivity index (χ2n) is 1.98. The van der Waals surface area contributed by atoms with Gasteiger partial charge in [-0.1, -0.05) is 34.3 Å². The van der Waals surface area contributed by atoms with Gasteiger partial charge in [-0.05, 0) is 17.5 Å². The number of esters is 1. The van der Waals surface area contributed by atoms with E-state index in [1.165, 1.54) is 11.1 Å². The highest BCUT2D eigenvalue weighted by molar-refractivity contribution is 9.11. The second-order valence-corrected chi connectivity index (χ2v) is 2.51. The smallest absolute Gasteiger partial charge is 0.332 e. The van der Waals surface area contributed by atoms with Crippen LogP contribution in [0.5, 0.6) is 0 Å². The summed E-state index contributed by atoms with van der Waals surface area (Å²) in [7, 11) is 0. The van der Waals surface area contributed by atoms with Gasteiger partial charge in [0.2, 0.25) is 0 Å². The Bertz CT molecular complexity index is 255. The Morgan fingerprint density at radius 3 is 2.92 bits per heavy atom. The zero-order chi connectivity index (χ0) is 9.40. The highest BCUT2D eigenvalue weighted by atomic mass is 79.9. The molecule has 0 aromatic heterocycles. The van der Waals surface area contributed by atoms with Crippen molar-refractivity contribution in [2.45, 2.75) is 6.92 Å². The van der Waals surface area contributed by atoms with Gasteiger partial charge in [0.15, 0.2) is 6.61 Å². The third-order valence-corrected chi connectivity index (χ3v) is 1.05. The molecule has 0 heterocycles. The van der Waals surface area contributed by atoms with Crippen LogP contribution in [0.3, 0.4) is 0 Å². The minimum atomic E-state index is -0.414. The molecule has 0 spiro atoms. The van der Waals surface area contributed by atoms with Crippen molar-refractivity contribution in [3.05, 3.63) is 23.2 Å². The van der Waals surface area contributed by atoms with Crippen molar-refractivity contribution in [2.75, 3.05) is 6.61 Å². The maximum Gasteiger partial charge on any atom is 0.332 e. The molecule has 0 saturated carbocycles. The number of carbonyl (C=O) groups is 1. The molecule has 0 amide bonds. The minimum absolute atomic E-state index is 0.100. The Hall–Kier alpha value is -1.01. The van der Waals surface area contributed by atoms with E-state index in [0.29, 0.717) is 0 Å². The molecule has 0 aliphatic heterocycles. The van der Waals surface area contributed by atoms with Crippen LogP contribution in [0.4, 0.5) is 0 Å². The zero-order valence-electron chi connectivity index (χ0n) is 6.76. The van der Waals surface area contributed by atoms with Crippen LogP contribution in [0, 0.1) is 11.8 Å². The fourth-order valence-corrected chi connectivity index (χ4v) is 0.610. The summed E-state index contributed by atoms with van der Waals surface area (Å²) in [6.07, 6.45) is 1.27. The lowest BCUT2D eigenvalue weighted by atomic mass is 10.4. The highest BCUT2D eigenvalue weighted by Crippen LogP contribution is 1.86. The number of hydrogen-bond donors (Lipinski definition) is 0. The van der Waals surface area contributed by atoms with Crippen LogP contribution in [-0.2, 0) is 9.53 Å². The quantitative estimate of drug-likeness (QED) is 0.411. The summed E-state index contributed by atoms with van der Waals surface area (Å²) < 4.78 is 4.66. The molecule has 0 atom stereocenters. The normalized spacial score (nSPS) is 8.83.